The van der Waals surface area contributed by atoms with Gasteiger partial charge in [-0.2, -0.15) is 0 Å². The van der Waals surface area contributed by atoms with Crippen LogP contribution in [0.5, 0.6) is 0 Å². The van der Waals surface area contributed by atoms with Gasteiger partial charge in [0.25, 0.3) is 0 Å². The van der Waals surface area contributed by atoms with E-state index in [0.29, 0.717) is 0 Å². The number of ketones is 1. The molecule has 2 aromatic rings. The van der Waals surface area contributed by atoms with Crippen LogP contribution in [0.2, 0.25) is 5.02 Å². The van der Waals surface area contributed by atoms with E-state index in [0.717, 1.165) is 24.3 Å². The molecule has 2 rings (SSSR count). The lowest BCUT2D eigenvalue weighted by atomic mass is 10.0. The van der Waals surface area contributed by atoms with Gasteiger partial charge < -0.3 is 0 Å². The molecule has 0 aliphatic rings. The summed E-state index contributed by atoms with van der Waals surface area (Å²) in [4.78, 5) is 12.5. The number of rotatable bonds is 5. The normalized spacial score (nSPS) is 11.4. The summed E-state index contributed by atoms with van der Waals surface area (Å²) in [5.41, 5.74) is -0.356. The summed E-state index contributed by atoms with van der Waals surface area (Å²) in [6.07, 6.45) is 0. The average Bonchev–Trinajstić information content (AvgIpc) is 2.50. The molecule has 4 nitrogen and oxygen atoms in total. The quantitative estimate of drug-likeness (QED) is 0.705. The van der Waals surface area contributed by atoms with Crippen molar-refractivity contribution in [3.63, 3.8) is 0 Å². The van der Waals surface area contributed by atoms with Crippen LogP contribution in [0.4, 0.5) is 14.5 Å². The number of sulfonamides is 1. The molecule has 2 aromatic carbocycles. The number of anilines is 1. The van der Waals surface area contributed by atoms with Crippen LogP contribution < -0.4 is 4.72 Å². The van der Waals surface area contributed by atoms with E-state index in [1.165, 1.54) is 13.0 Å². The molecule has 0 spiro atoms. The van der Waals surface area contributed by atoms with Crippen molar-refractivity contribution in [3.05, 3.63) is 62.6 Å². The van der Waals surface area contributed by atoms with Crippen molar-refractivity contribution in [3.8, 4) is 0 Å². The molecule has 9 heteroatoms. The molecule has 0 unspecified atom stereocenters. The van der Waals surface area contributed by atoms with E-state index in [2.05, 4.69) is 20.7 Å². The highest BCUT2D eigenvalue weighted by molar-refractivity contribution is 9.10. The first kappa shape index (κ1) is 18.8. The Labute approximate surface area is 151 Å². The molecule has 0 aliphatic carbocycles. The molecule has 0 aromatic heterocycles. The van der Waals surface area contributed by atoms with Crippen molar-refractivity contribution in [1.82, 2.24) is 0 Å². The van der Waals surface area contributed by atoms with Crippen molar-refractivity contribution in [1.29, 1.82) is 0 Å². The van der Waals surface area contributed by atoms with Crippen molar-refractivity contribution < 1.29 is 22.0 Å². The number of benzene rings is 2. The molecular formula is C15H11BrClF2NO3S. The zero-order chi connectivity index (χ0) is 18.1. The number of carbonyl (C=O) groups is 1. The summed E-state index contributed by atoms with van der Waals surface area (Å²) in [5.74, 6) is -2.38. The van der Waals surface area contributed by atoms with E-state index in [9.17, 15) is 22.0 Å². The Morgan fingerprint density at radius 3 is 2.46 bits per heavy atom. The maximum absolute atomic E-state index is 14.1. The van der Waals surface area contributed by atoms with Crippen LogP contribution in [0.25, 0.3) is 0 Å². The predicted molar refractivity (Wildman–Crippen MR) is 92.0 cm³/mol. The van der Waals surface area contributed by atoms with Gasteiger partial charge in [0.1, 0.15) is 11.6 Å². The standard InChI is InChI=1S/C15H11BrClF2NO3S/c1-2-24(22,23)20-14-7-11(16)10(6-13(14)19)15(21)9-4-3-8(18)5-12(9)17/h3-7,20H,2H2,1H3. The molecule has 0 aliphatic heterocycles. The number of hydrogen-bond donors (Lipinski definition) is 1. The molecule has 0 heterocycles. The van der Waals surface area contributed by atoms with Crippen LogP contribution in [-0.2, 0) is 10.0 Å². The maximum Gasteiger partial charge on any atom is 0.232 e. The van der Waals surface area contributed by atoms with E-state index in [-0.39, 0.29) is 32.1 Å². The molecule has 0 saturated carbocycles. The van der Waals surface area contributed by atoms with E-state index >= 15 is 0 Å². The Bertz CT molecular complexity index is 919. The fourth-order valence-electron chi connectivity index (χ4n) is 1.86. The van der Waals surface area contributed by atoms with Gasteiger partial charge in [-0.15, -0.1) is 0 Å². The van der Waals surface area contributed by atoms with Crippen molar-refractivity contribution in [2.24, 2.45) is 0 Å². The van der Waals surface area contributed by atoms with Crippen LogP contribution >= 0.6 is 27.5 Å². The van der Waals surface area contributed by atoms with E-state index < -0.39 is 27.4 Å². The monoisotopic (exact) mass is 437 g/mol. The van der Waals surface area contributed by atoms with E-state index in [1.807, 2.05) is 0 Å². The summed E-state index contributed by atoms with van der Waals surface area (Å²) in [7, 11) is -3.67. The lowest BCUT2D eigenvalue weighted by Gasteiger charge is -2.11. The fourth-order valence-corrected chi connectivity index (χ4v) is 3.27. The largest absolute Gasteiger partial charge is 0.289 e. The first-order valence-corrected chi connectivity index (χ1v) is 9.46. The second kappa shape index (κ2) is 7.16. The van der Waals surface area contributed by atoms with E-state index in [1.54, 1.807) is 0 Å². The summed E-state index contributed by atoms with van der Waals surface area (Å²) in [5, 5.41) is -0.108. The van der Waals surface area contributed by atoms with Gasteiger partial charge in [0, 0.05) is 15.6 Å². The van der Waals surface area contributed by atoms with Crippen LogP contribution in [0, 0.1) is 11.6 Å². The third-order valence-electron chi connectivity index (χ3n) is 3.12. The number of hydrogen-bond acceptors (Lipinski definition) is 3. The Kier molecular flexibility index (Phi) is 5.62. The molecule has 1 N–H and O–H groups in total. The van der Waals surface area contributed by atoms with Crippen molar-refractivity contribution in [2.45, 2.75) is 6.92 Å². The number of nitrogens with one attached hydrogen (secondary N) is 1. The Morgan fingerprint density at radius 1 is 1.21 bits per heavy atom. The van der Waals surface area contributed by atoms with Gasteiger partial charge in [0.05, 0.1) is 16.5 Å². The smallest absolute Gasteiger partial charge is 0.232 e. The van der Waals surface area contributed by atoms with Crippen molar-refractivity contribution in [2.75, 3.05) is 10.5 Å². The maximum atomic E-state index is 14.1. The fraction of sp³-hybridized carbons (Fsp3) is 0.133. The molecule has 0 bridgehead atoms. The number of halogens is 4. The third kappa shape index (κ3) is 4.12. The van der Waals surface area contributed by atoms with Crippen LogP contribution in [-0.4, -0.2) is 20.0 Å². The first-order chi connectivity index (χ1) is 11.1. The minimum atomic E-state index is -3.67. The molecule has 0 atom stereocenters. The summed E-state index contributed by atoms with van der Waals surface area (Å²) in [6, 6.07) is 5.26. The molecular weight excluding hydrogens is 428 g/mol. The van der Waals surface area contributed by atoms with Gasteiger partial charge in [0.2, 0.25) is 10.0 Å². The molecule has 0 fully saturated rings. The Balaban J connectivity index is 2.45. The summed E-state index contributed by atoms with van der Waals surface area (Å²) in [6.45, 7) is 1.41. The Hall–Kier alpha value is -1.51. The highest BCUT2D eigenvalue weighted by Crippen LogP contribution is 2.29. The second-order valence-electron chi connectivity index (χ2n) is 4.77. The SMILES string of the molecule is CCS(=O)(=O)Nc1cc(Br)c(C(=O)c2ccc(F)cc2Cl)cc1F. The van der Waals surface area contributed by atoms with Gasteiger partial charge in [-0.25, -0.2) is 17.2 Å². The number of carbonyl (C=O) groups excluding carboxylic acids is 1. The molecule has 128 valence electrons. The van der Waals surface area contributed by atoms with E-state index in [4.69, 9.17) is 11.6 Å². The zero-order valence-electron chi connectivity index (χ0n) is 12.2. The lowest BCUT2D eigenvalue weighted by molar-refractivity contribution is 0.103. The minimum absolute atomic E-state index is 0.0000515. The Morgan fingerprint density at radius 2 is 1.88 bits per heavy atom. The summed E-state index contributed by atoms with van der Waals surface area (Å²) >= 11 is 8.95. The van der Waals surface area contributed by atoms with Gasteiger partial charge in [-0.3, -0.25) is 9.52 Å². The van der Waals surface area contributed by atoms with Crippen LogP contribution in [0.3, 0.4) is 0 Å². The summed E-state index contributed by atoms with van der Waals surface area (Å²) < 4.78 is 52.5. The highest BCUT2D eigenvalue weighted by Gasteiger charge is 2.20. The van der Waals surface area contributed by atoms with Gasteiger partial charge >= 0.3 is 0 Å². The lowest BCUT2D eigenvalue weighted by Crippen LogP contribution is -2.16. The zero-order valence-corrected chi connectivity index (χ0v) is 15.4. The molecule has 0 saturated heterocycles. The average molecular weight is 439 g/mol. The van der Waals surface area contributed by atoms with Gasteiger partial charge in [-0.1, -0.05) is 11.6 Å². The third-order valence-corrected chi connectivity index (χ3v) is 5.38. The minimum Gasteiger partial charge on any atom is -0.289 e. The predicted octanol–water partition coefficient (Wildman–Crippen LogP) is 4.37. The van der Waals surface area contributed by atoms with Crippen LogP contribution in [0.15, 0.2) is 34.8 Å². The van der Waals surface area contributed by atoms with Crippen LogP contribution in [0.1, 0.15) is 22.8 Å². The first-order valence-electron chi connectivity index (χ1n) is 6.64. The topological polar surface area (TPSA) is 63.2 Å². The molecule has 0 radical (unpaired) electrons. The van der Waals surface area contributed by atoms with Crippen molar-refractivity contribution >= 4 is 49.0 Å². The van der Waals surface area contributed by atoms with Gasteiger partial charge in [-0.05, 0) is 53.2 Å². The highest BCUT2D eigenvalue weighted by atomic mass is 79.9. The molecule has 0 amide bonds. The second-order valence-corrected chi connectivity index (χ2v) is 8.04. The van der Waals surface area contributed by atoms with Gasteiger partial charge in [0.15, 0.2) is 5.78 Å². The molecule has 24 heavy (non-hydrogen) atoms.